The Morgan fingerprint density at radius 3 is 1.12 bits per heavy atom. The number of anilines is 6. The van der Waals surface area contributed by atoms with Gasteiger partial charge >= 0.3 is 11.9 Å². The van der Waals surface area contributed by atoms with Crippen LogP contribution in [0.5, 0.6) is 0 Å². The Kier molecular flexibility index (Phi) is 11.1. The third-order valence-electron chi connectivity index (χ3n) is 12.8. The second-order valence-corrected chi connectivity index (χ2v) is 16.5. The first kappa shape index (κ1) is 40.4. The molecule has 0 bridgehead atoms. The van der Waals surface area contributed by atoms with Crippen molar-refractivity contribution < 1.29 is 19.1 Å². The summed E-state index contributed by atoms with van der Waals surface area (Å²) >= 11 is 0. The predicted octanol–water partition coefficient (Wildman–Crippen LogP) is 13.6. The van der Waals surface area contributed by atoms with Crippen molar-refractivity contribution in [3.8, 4) is 33.4 Å². The largest absolute Gasteiger partial charge is 0.469 e. The van der Waals surface area contributed by atoms with E-state index in [0.717, 1.165) is 69.2 Å². The van der Waals surface area contributed by atoms with Gasteiger partial charge in [0.1, 0.15) is 0 Å². The Morgan fingerprint density at radius 2 is 0.750 bits per heavy atom. The zero-order valence-electron chi connectivity index (χ0n) is 36.1. The van der Waals surface area contributed by atoms with Gasteiger partial charge in [-0.15, -0.1) is 0 Å². The molecule has 0 spiro atoms. The minimum atomic E-state index is -0.206. The molecular weight excluding hydrogens is 789 g/mol. The van der Waals surface area contributed by atoms with Gasteiger partial charge in [-0.25, -0.2) is 0 Å². The second-order valence-electron chi connectivity index (χ2n) is 16.5. The number of esters is 2. The summed E-state index contributed by atoms with van der Waals surface area (Å²) in [5, 5.41) is 0. The molecule has 0 atom stereocenters. The fraction of sp³-hybridized carbons (Fsp3) is 0.138. The standard InChI is InChI=1S/C58H48N2O4/c1-63-57(61)35-21-39-17-27-45(28-18-39)59(55-15-7-13-51-49-11-5-3-9-43(49)37-53(51)55)47-31-23-41(24-32-47)42-25-33-48(34-26-42)60(46-29-19-40(20-30-46)22-36-58(62)64-2)56-16-8-14-52-50-12-6-4-10-44(50)38-54(52)56/h3-20,23-34H,21-22,35-38H2,1-2H3. The van der Waals surface area contributed by atoms with Crippen LogP contribution in [-0.2, 0) is 44.7 Å². The van der Waals surface area contributed by atoms with Gasteiger partial charge < -0.3 is 19.3 Å². The zero-order valence-corrected chi connectivity index (χ0v) is 36.1. The highest BCUT2D eigenvalue weighted by Crippen LogP contribution is 2.48. The van der Waals surface area contributed by atoms with Gasteiger partial charge in [-0.2, -0.15) is 0 Å². The number of methoxy groups -OCH3 is 2. The van der Waals surface area contributed by atoms with Crippen molar-refractivity contribution in [3.63, 3.8) is 0 Å². The number of aryl methyl sites for hydroxylation is 2. The molecule has 6 nitrogen and oxygen atoms in total. The summed E-state index contributed by atoms with van der Waals surface area (Å²) in [7, 11) is 2.87. The molecule has 64 heavy (non-hydrogen) atoms. The molecule has 0 amide bonds. The number of hydrogen-bond donors (Lipinski definition) is 0. The van der Waals surface area contributed by atoms with Gasteiger partial charge in [-0.05, 0) is 140 Å². The summed E-state index contributed by atoms with van der Waals surface area (Å²) in [5.41, 5.74) is 21.4. The number of rotatable bonds is 13. The summed E-state index contributed by atoms with van der Waals surface area (Å²) in [6.45, 7) is 0. The zero-order chi connectivity index (χ0) is 43.6. The van der Waals surface area contributed by atoms with Gasteiger partial charge in [-0.1, -0.05) is 121 Å². The van der Waals surface area contributed by atoms with Crippen LogP contribution in [0.1, 0.15) is 46.2 Å². The summed E-state index contributed by atoms with van der Waals surface area (Å²) in [5.74, 6) is -0.412. The van der Waals surface area contributed by atoms with E-state index in [1.54, 1.807) is 0 Å². The van der Waals surface area contributed by atoms with Crippen LogP contribution in [0.25, 0.3) is 33.4 Å². The molecule has 0 radical (unpaired) electrons. The van der Waals surface area contributed by atoms with Crippen LogP contribution in [0.3, 0.4) is 0 Å². The fourth-order valence-corrected chi connectivity index (χ4v) is 9.48. The Morgan fingerprint density at radius 1 is 0.406 bits per heavy atom. The lowest BCUT2D eigenvalue weighted by Crippen LogP contribution is -2.12. The molecule has 2 aliphatic rings. The Balaban J connectivity index is 0.980. The summed E-state index contributed by atoms with van der Waals surface area (Å²) in [6, 6.07) is 65.5. The van der Waals surface area contributed by atoms with E-state index in [-0.39, 0.29) is 11.9 Å². The van der Waals surface area contributed by atoms with E-state index >= 15 is 0 Å². The molecule has 10 rings (SSSR count). The maximum absolute atomic E-state index is 11.9. The van der Waals surface area contributed by atoms with E-state index in [2.05, 4.69) is 192 Å². The Bertz CT molecular complexity index is 2790. The number of carbonyl (C=O) groups excluding carboxylic acids is 2. The summed E-state index contributed by atoms with van der Waals surface area (Å²) < 4.78 is 9.79. The van der Waals surface area contributed by atoms with Crippen molar-refractivity contribution >= 4 is 46.1 Å². The minimum Gasteiger partial charge on any atom is -0.469 e. The molecule has 0 saturated heterocycles. The molecule has 0 aliphatic heterocycles. The first-order chi connectivity index (χ1) is 31.4. The van der Waals surface area contributed by atoms with Crippen LogP contribution < -0.4 is 9.80 Å². The van der Waals surface area contributed by atoms with Crippen LogP contribution in [0.4, 0.5) is 34.1 Å². The van der Waals surface area contributed by atoms with Gasteiger partial charge in [0.15, 0.2) is 0 Å². The third-order valence-corrected chi connectivity index (χ3v) is 12.8. The lowest BCUT2D eigenvalue weighted by atomic mass is 10.0. The molecule has 314 valence electrons. The van der Waals surface area contributed by atoms with E-state index in [0.29, 0.717) is 25.7 Å². The molecule has 2 aliphatic carbocycles. The van der Waals surface area contributed by atoms with Crippen LogP contribution in [-0.4, -0.2) is 26.2 Å². The van der Waals surface area contributed by atoms with Gasteiger partial charge in [0, 0.05) is 48.4 Å². The molecule has 0 aromatic heterocycles. The average Bonchev–Trinajstić information content (AvgIpc) is 3.93. The first-order valence-electron chi connectivity index (χ1n) is 22.0. The number of ether oxygens (including phenoxy) is 2. The number of fused-ring (bicyclic) bond motifs is 6. The number of carbonyl (C=O) groups is 2. The van der Waals surface area contributed by atoms with Crippen LogP contribution in [0.2, 0.25) is 0 Å². The Hall–Kier alpha value is -7.70. The molecule has 0 fully saturated rings. The second kappa shape index (κ2) is 17.6. The van der Waals surface area contributed by atoms with E-state index in [1.165, 1.54) is 58.7 Å². The number of nitrogens with zero attached hydrogens (tertiary/aromatic N) is 2. The minimum absolute atomic E-state index is 0.206. The van der Waals surface area contributed by atoms with Crippen molar-refractivity contribution in [2.45, 2.75) is 38.5 Å². The number of hydrogen-bond acceptors (Lipinski definition) is 6. The summed E-state index contributed by atoms with van der Waals surface area (Å²) in [4.78, 5) is 28.5. The van der Waals surface area contributed by atoms with Gasteiger partial charge in [0.25, 0.3) is 0 Å². The van der Waals surface area contributed by atoms with E-state index in [1.807, 2.05) is 0 Å². The maximum Gasteiger partial charge on any atom is 0.305 e. The lowest BCUT2D eigenvalue weighted by Gasteiger charge is -2.28. The molecule has 6 heteroatoms. The van der Waals surface area contributed by atoms with Crippen LogP contribution >= 0.6 is 0 Å². The normalized spacial score (nSPS) is 11.8. The predicted molar refractivity (Wildman–Crippen MR) is 258 cm³/mol. The van der Waals surface area contributed by atoms with Gasteiger partial charge in [0.2, 0.25) is 0 Å². The fourth-order valence-electron chi connectivity index (χ4n) is 9.48. The van der Waals surface area contributed by atoms with Crippen molar-refractivity contribution in [2.75, 3.05) is 24.0 Å². The molecule has 0 heterocycles. The van der Waals surface area contributed by atoms with Crippen molar-refractivity contribution in [1.82, 2.24) is 0 Å². The topological polar surface area (TPSA) is 59.1 Å². The van der Waals surface area contributed by atoms with E-state index in [4.69, 9.17) is 9.47 Å². The maximum atomic E-state index is 11.9. The highest BCUT2D eigenvalue weighted by molar-refractivity contribution is 5.90. The number of benzene rings is 8. The van der Waals surface area contributed by atoms with Gasteiger partial charge in [-0.3, -0.25) is 9.59 Å². The molecule has 8 aromatic carbocycles. The molecule has 0 saturated carbocycles. The van der Waals surface area contributed by atoms with Crippen LogP contribution in [0, 0.1) is 0 Å². The van der Waals surface area contributed by atoms with Crippen LogP contribution in [0.15, 0.2) is 182 Å². The average molecular weight is 837 g/mol. The van der Waals surface area contributed by atoms with Gasteiger partial charge in [0.05, 0.1) is 25.6 Å². The molecule has 0 N–H and O–H groups in total. The first-order valence-corrected chi connectivity index (χ1v) is 22.0. The molecule has 8 aromatic rings. The molecule has 0 unspecified atom stereocenters. The highest BCUT2D eigenvalue weighted by atomic mass is 16.5. The molecular formula is C58H48N2O4. The van der Waals surface area contributed by atoms with Crippen molar-refractivity contribution in [1.29, 1.82) is 0 Å². The highest BCUT2D eigenvalue weighted by Gasteiger charge is 2.27. The van der Waals surface area contributed by atoms with Crippen molar-refractivity contribution in [2.24, 2.45) is 0 Å². The lowest BCUT2D eigenvalue weighted by molar-refractivity contribution is -0.141. The van der Waals surface area contributed by atoms with Crippen molar-refractivity contribution in [3.05, 3.63) is 215 Å². The smallest absolute Gasteiger partial charge is 0.305 e. The summed E-state index contributed by atoms with van der Waals surface area (Å²) in [6.07, 6.45) is 3.69. The third kappa shape index (κ3) is 7.84. The van der Waals surface area contributed by atoms with E-state index in [9.17, 15) is 9.59 Å². The Labute approximate surface area is 375 Å². The van der Waals surface area contributed by atoms with E-state index < -0.39 is 0 Å². The quantitative estimate of drug-likeness (QED) is 0.108. The monoisotopic (exact) mass is 836 g/mol. The SMILES string of the molecule is COC(=O)CCc1ccc(N(c2ccc(-c3ccc(N(c4ccc(CCC(=O)OC)cc4)c4cccc5c4Cc4ccccc4-5)cc3)cc2)c2cccc3c2Cc2ccccc2-3)cc1.